The average molecular weight is 646 g/mol. The molecule has 0 amide bonds. The second kappa shape index (κ2) is 11.7. The van der Waals surface area contributed by atoms with Crippen LogP contribution in [0.25, 0.3) is 27.5 Å². The van der Waals surface area contributed by atoms with E-state index in [2.05, 4.69) is 166 Å². The second-order valence-corrected chi connectivity index (χ2v) is 20.6. The summed E-state index contributed by atoms with van der Waals surface area (Å²) in [5, 5.41) is 5.88. The van der Waals surface area contributed by atoms with Gasteiger partial charge in [-0.2, -0.15) is 0 Å². The lowest BCUT2D eigenvalue weighted by Crippen LogP contribution is -2.77. The summed E-state index contributed by atoms with van der Waals surface area (Å²) in [4.78, 5) is 0. The molecule has 0 fully saturated rings. The van der Waals surface area contributed by atoms with Crippen molar-refractivity contribution in [3.8, 4) is 5.69 Å². The second-order valence-electron chi connectivity index (χ2n) is 16.3. The van der Waals surface area contributed by atoms with Crippen molar-refractivity contribution in [2.24, 2.45) is 0 Å². The highest BCUT2D eigenvalue weighted by molar-refractivity contribution is 7.14. The van der Waals surface area contributed by atoms with Crippen molar-refractivity contribution in [1.29, 1.82) is 0 Å². The van der Waals surface area contributed by atoms with Gasteiger partial charge in [-0.25, -0.2) is 0 Å². The molecule has 1 aromatic heterocycles. The third-order valence-electron chi connectivity index (χ3n) is 11.3. The molecule has 3 heteroatoms. The van der Waals surface area contributed by atoms with Gasteiger partial charge in [0.15, 0.2) is 0 Å². The molecule has 0 atom stereocenters. The zero-order chi connectivity index (χ0) is 34.4. The van der Waals surface area contributed by atoms with Gasteiger partial charge in [-0.1, -0.05) is 147 Å². The highest BCUT2D eigenvalue weighted by Crippen LogP contribution is 2.37. The van der Waals surface area contributed by atoms with Crippen molar-refractivity contribution < 1.29 is 0 Å². The number of aryl methyl sites for hydroxylation is 4. The molecule has 0 aliphatic carbocycles. The molecule has 7 rings (SSSR count). The topological polar surface area (TPSA) is 4.93 Å². The molecule has 0 spiro atoms. The van der Waals surface area contributed by atoms with Crippen LogP contribution >= 0.6 is 0 Å². The molecule has 48 heavy (non-hydrogen) atoms. The quantitative estimate of drug-likeness (QED) is 0.165. The molecule has 1 aliphatic heterocycles. The fraction of sp³-hybridized carbons (Fsp3) is 0.333. The molecule has 244 valence electrons. The van der Waals surface area contributed by atoms with Gasteiger partial charge in [-0.05, 0) is 97.5 Å². The molecule has 0 unspecified atom stereocenters. The van der Waals surface area contributed by atoms with Crippen molar-refractivity contribution in [2.45, 2.75) is 100 Å². The van der Waals surface area contributed by atoms with E-state index in [-0.39, 0.29) is 6.71 Å². The van der Waals surface area contributed by atoms with Crippen molar-refractivity contribution in [3.63, 3.8) is 0 Å². The lowest BCUT2D eigenvalue weighted by Gasteiger charge is -2.39. The number of nitrogens with zero attached hydrogens (tertiary/aromatic N) is 1. The van der Waals surface area contributed by atoms with Crippen LogP contribution in [0.1, 0.15) is 98.2 Å². The predicted octanol–water partition coefficient (Wildman–Crippen LogP) is 9.04. The standard InChI is InChI=1S/C45H52BNSi/c1-26(2)33-23-35(27(3)4)43(36(24-33)28(5)6)46-39-15-13-14-16-41(39)48(11,12)42-25-34(17-18-40(42)46)47-44-31(9)19-29(7)21-37(44)38-22-30(8)20-32(10)45(38)47/h13-28H,1-12H3. The number of aromatic nitrogens is 1. The summed E-state index contributed by atoms with van der Waals surface area (Å²) >= 11 is 0. The monoisotopic (exact) mass is 645 g/mol. The van der Waals surface area contributed by atoms with E-state index < -0.39 is 8.07 Å². The van der Waals surface area contributed by atoms with Gasteiger partial charge in [0.1, 0.15) is 8.07 Å². The van der Waals surface area contributed by atoms with Crippen LogP contribution in [0.15, 0.2) is 78.9 Å². The summed E-state index contributed by atoms with van der Waals surface area (Å²) < 4.78 is 2.59. The maximum atomic E-state index is 2.61. The van der Waals surface area contributed by atoms with Crippen LogP contribution in [0, 0.1) is 27.7 Å². The third kappa shape index (κ3) is 4.95. The first-order valence-electron chi connectivity index (χ1n) is 18.1. The predicted molar refractivity (Wildman–Crippen MR) is 216 cm³/mol. The van der Waals surface area contributed by atoms with Crippen molar-refractivity contribution in [1.82, 2.24) is 4.57 Å². The normalized spacial score (nSPS) is 14.1. The van der Waals surface area contributed by atoms with Gasteiger partial charge in [-0.3, -0.25) is 0 Å². The summed E-state index contributed by atoms with van der Waals surface area (Å²) in [6.45, 7) is 28.6. The molecule has 0 bridgehead atoms. The smallest absolute Gasteiger partial charge is 0.241 e. The van der Waals surface area contributed by atoms with Crippen molar-refractivity contribution >= 4 is 63.4 Å². The zero-order valence-corrected chi connectivity index (χ0v) is 32.3. The van der Waals surface area contributed by atoms with Crippen molar-refractivity contribution in [3.05, 3.63) is 118 Å². The summed E-state index contributed by atoms with van der Waals surface area (Å²) in [5.74, 6) is 1.38. The third-order valence-corrected chi connectivity index (χ3v) is 14.9. The van der Waals surface area contributed by atoms with Crippen LogP contribution in [0.4, 0.5) is 0 Å². The molecule has 1 aliphatic rings. The maximum Gasteiger partial charge on any atom is 0.241 e. The van der Waals surface area contributed by atoms with Crippen LogP contribution in [-0.2, 0) is 0 Å². The van der Waals surface area contributed by atoms with Crippen molar-refractivity contribution in [2.75, 3.05) is 0 Å². The first-order valence-corrected chi connectivity index (χ1v) is 21.1. The van der Waals surface area contributed by atoms with Crippen LogP contribution in [0.2, 0.25) is 13.1 Å². The van der Waals surface area contributed by atoms with Crippen LogP contribution in [0.3, 0.4) is 0 Å². The summed E-state index contributed by atoms with van der Waals surface area (Å²) in [6.07, 6.45) is 0. The SMILES string of the molecule is Cc1cc(C)c2c(c1)c1cc(C)cc(C)c1n2-c1ccc2c(c1)[Si](C)(C)c1ccccc1B2c1c(C(C)C)cc(C(C)C)cc1C(C)C. The van der Waals surface area contributed by atoms with Gasteiger partial charge in [0.05, 0.1) is 11.0 Å². The molecule has 6 aromatic rings. The van der Waals surface area contributed by atoms with Gasteiger partial charge in [0, 0.05) is 16.5 Å². The van der Waals surface area contributed by atoms with E-state index in [1.54, 1.807) is 15.8 Å². The van der Waals surface area contributed by atoms with E-state index in [0.717, 1.165) is 0 Å². The Hall–Kier alpha value is -3.82. The molecule has 1 nitrogen and oxygen atoms in total. The Bertz CT molecular complexity index is 2150. The van der Waals surface area contributed by atoms with Gasteiger partial charge in [-0.15, -0.1) is 0 Å². The molecule has 0 saturated heterocycles. The van der Waals surface area contributed by atoms with E-state index >= 15 is 0 Å². The fourth-order valence-electron chi connectivity index (χ4n) is 9.06. The Labute approximate surface area is 290 Å². The minimum absolute atomic E-state index is 0.216. The van der Waals surface area contributed by atoms with E-state index in [9.17, 15) is 0 Å². The Morgan fingerprint density at radius 2 is 1.08 bits per heavy atom. The molecule has 0 saturated carbocycles. The largest absolute Gasteiger partial charge is 0.309 e. The summed E-state index contributed by atoms with van der Waals surface area (Å²) in [5.41, 5.74) is 18.3. The van der Waals surface area contributed by atoms with Gasteiger partial charge < -0.3 is 4.57 Å². The summed E-state index contributed by atoms with van der Waals surface area (Å²) in [6, 6.07) is 31.6. The molecule has 0 radical (unpaired) electrons. The number of hydrogen-bond acceptors (Lipinski definition) is 0. The molecule has 2 heterocycles. The average Bonchev–Trinajstić information content (AvgIpc) is 3.35. The van der Waals surface area contributed by atoms with Crippen LogP contribution in [0.5, 0.6) is 0 Å². The molecule has 0 N–H and O–H groups in total. The Balaban J connectivity index is 1.58. The van der Waals surface area contributed by atoms with E-state index in [1.165, 1.54) is 77.4 Å². The lowest BCUT2D eigenvalue weighted by atomic mass is 9.34. The molecular formula is C45H52BNSi. The van der Waals surface area contributed by atoms with Gasteiger partial charge in [0.25, 0.3) is 0 Å². The molecular weight excluding hydrogens is 593 g/mol. The first-order chi connectivity index (χ1) is 22.7. The number of hydrogen-bond donors (Lipinski definition) is 0. The van der Waals surface area contributed by atoms with Crippen LogP contribution < -0.4 is 26.8 Å². The maximum absolute atomic E-state index is 2.61. The number of benzene rings is 5. The van der Waals surface area contributed by atoms with Gasteiger partial charge in [0.2, 0.25) is 6.71 Å². The number of rotatable bonds is 5. The minimum atomic E-state index is -2.06. The zero-order valence-electron chi connectivity index (χ0n) is 31.3. The lowest BCUT2D eigenvalue weighted by molar-refractivity contribution is 0.812. The Kier molecular flexibility index (Phi) is 7.95. The minimum Gasteiger partial charge on any atom is -0.309 e. The number of fused-ring (bicyclic) bond motifs is 5. The molecule has 5 aromatic carbocycles. The van der Waals surface area contributed by atoms with E-state index in [1.807, 2.05) is 0 Å². The highest BCUT2D eigenvalue weighted by Gasteiger charge is 2.43. The first kappa shape index (κ1) is 32.7. The van der Waals surface area contributed by atoms with E-state index in [0.29, 0.717) is 17.8 Å². The van der Waals surface area contributed by atoms with E-state index in [4.69, 9.17) is 0 Å². The van der Waals surface area contributed by atoms with Gasteiger partial charge >= 0.3 is 0 Å². The summed E-state index contributed by atoms with van der Waals surface area (Å²) in [7, 11) is -2.06. The van der Waals surface area contributed by atoms with Crippen LogP contribution in [-0.4, -0.2) is 19.4 Å². The Morgan fingerprint density at radius 3 is 1.60 bits per heavy atom. The fourth-order valence-corrected chi connectivity index (χ4v) is 12.3. The highest BCUT2D eigenvalue weighted by atomic mass is 28.3. The Morgan fingerprint density at radius 1 is 0.562 bits per heavy atom.